The Balaban J connectivity index is 1.60. The Bertz CT molecular complexity index is 860. The molecule has 0 spiro atoms. The van der Waals surface area contributed by atoms with E-state index in [1.165, 1.54) is 4.90 Å². The van der Waals surface area contributed by atoms with Crippen LogP contribution in [0.15, 0.2) is 57.8 Å². The Morgan fingerprint density at radius 3 is 2.50 bits per heavy atom. The second-order valence-corrected chi connectivity index (χ2v) is 6.78. The van der Waals surface area contributed by atoms with Crippen molar-refractivity contribution in [2.24, 2.45) is 0 Å². The molecule has 1 heterocycles. The quantitative estimate of drug-likeness (QED) is 0.634. The number of benzene rings is 2. The van der Waals surface area contributed by atoms with E-state index in [1.807, 2.05) is 36.4 Å². The Hall–Kier alpha value is -2.80. The van der Waals surface area contributed by atoms with Gasteiger partial charge in [-0.05, 0) is 47.7 Å². The largest absolute Gasteiger partial charge is 0.497 e. The fourth-order valence-corrected chi connectivity index (χ4v) is 3.00. The molecule has 3 rings (SSSR count). The molecule has 0 saturated heterocycles. The van der Waals surface area contributed by atoms with E-state index < -0.39 is 0 Å². The summed E-state index contributed by atoms with van der Waals surface area (Å²) < 4.78 is 10.6. The number of carbonyl (C=O) groups excluding carboxylic acids is 1. The Morgan fingerprint density at radius 2 is 1.85 bits per heavy atom. The molecule has 0 radical (unpaired) electrons. The second kappa shape index (κ2) is 8.53. The summed E-state index contributed by atoms with van der Waals surface area (Å²) in [5.74, 6) is 1.90. The summed E-state index contributed by atoms with van der Waals surface area (Å²) in [6, 6.07) is 15.3. The van der Waals surface area contributed by atoms with Crippen LogP contribution in [0.5, 0.6) is 5.75 Å². The molecule has 0 aliphatic heterocycles. The second-order valence-electron chi connectivity index (χ2n) is 5.44. The lowest BCUT2D eigenvalue weighted by Crippen LogP contribution is -2.14. The van der Waals surface area contributed by atoms with Gasteiger partial charge < -0.3 is 9.15 Å². The minimum Gasteiger partial charge on any atom is -0.497 e. The van der Waals surface area contributed by atoms with Crippen LogP contribution in [-0.2, 0) is 11.2 Å². The first kappa shape index (κ1) is 18.0. The molecule has 0 fully saturated rings. The summed E-state index contributed by atoms with van der Waals surface area (Å²) in [5.41, 5.74) is 1.68. The fraction of sp³-hybridized carbons (Fsp3) is 0.211. The van der Waals surface area contributed by atoms with E-state index in [1.54, 1.807) is 31.0 Å². The molecule has 6 nitrogen and oxygen atoms in total. The number of hydrogen-bond acceptors (Lipinski definition) is 6. The van der Waals surface area contributed by atoms with Crippen molar-refractivity contribution < 1.29 is 13.9 Å². The first-order valence-corrected chi connectivity index (χ1v) is 9.16. The van der Waals surface area contributed by atoms with E-state index in [9.17, 15) is 4.79 Å². The van der Waals surface area contributed by atoms with Gasteiger partial charge in [0, 0.05) is 10.5 Å². The van der Waals surface area contributed by atoms with Crippen LogP contribution in [-0.4, -0.2) is 29.0 Å². The fourth-order valence-electron chi connectivity index (χ4n) is 2.34. The smallest absolute Gasteiger partial charge is 0.322 e. The molecular formula is C19H19N3O3S. The maximum atomic E-state index is 12.2. The van der Waals surface area contributed by atoms with Crippen molar-refractivity contribution in [3.63, 3.8) is 0 Å². The molecule has 7 heteroatoms. The Labute approximate surface area is 156 Å². The number of ether oxygens (including phenoxy) is 1. The van der Waals surface area contributed by atoms with Crippen molar-refractivity contribution in [1.29, 1.82) is 0 Å². The van der Waals surface area contributed by atoms with Crippen LogP contribution in [0.1, 0.15) is 12.5 Å². The molecule has 0 unspecified atom stereocenters. The van der Waals surface area contributed by atoms with Gasteiger partial charge >= 0.3 is 6.01 Å². The zero-order chi connectivity index (χ0) is 18.4. The molecule has 134 valence electrons. The number of carbonyl (C=O) groups is 1. The highest BCUT2D eigenvalue weighted by Crippen LogP contribution is 2.23. The third-order valence-corrected chi connectivity index (χ3v) is 4.50. The number of hydrogen-bond donors (Lipinski definition) is 1. The van der Waals surface area contributed by atoms with Gasteiger partial charge in [0.15, 0.2) is 0 Å². The minimum atomic E-state index is -0.203. The standard InChI is InChI=1S/C19H19N3O3S/c1-3-26-16-10-4-13(5-11-16)12-17(23)20-19-22-21-18(25-19)14-6-8-15(24-2)9-7-14/h4-11H,3,12H2,1-2H3,(H,20,22,23). The lowest BCUT2D eigenvalue weighted by Gasteiger charge is -2.03. The first-order valence-electron chi connectivity index (χ1n) is 8.17. The highest BCUT2D eigenvalue weighted by Gasteiger charge is 2.12. The topological polar surface area (TPSA) is 77.2 Å². The van der Waals surface area contributed by atoms with E-state index >= 15 is 0 Å². The molecule has 1 aromatic heterocycles. The Kier molecular flexibility index (Phi) is 5.91. The minimum absolute atomic E-state index is 0.0824. The summed E-state index contributed by atoms with van der Waals surface area (Å²) in [4.78, 5) is 13.4. The molecule has 0 bridgehead atoms. The van der Waals surface area contributed by atoms with Crippen LogP contribution in [0, 0.1) is 0 Å². The third kappa shape index (κ3) is 4.64. The number of aromatic nitrogens is 2. The van der Waals surface area contributed by atoms with Gasteiger partial charge in [-0.15, -0.1) is 16.9 Å². The van der Waals surface area contributed by atoms with Crippen LogP contribution in [0.2, 0.25) is 0 Å². The summed E-state index contributed by atoms with van der Waals surface area (Å²) in [6.45, 7) is 2.11. The van der Waals surface area contributed by atoms with Crippen molar-refractivity contribution >= 4 is 23.7 Å². The van der Waals surface area contributed by atoms with Crippen molar-refractivity contribution in [3.8, 4) is 17.2 Å². The van der Waals surface area contributed by atoms with Crippen LogP contribution >= 0.6 is 11.8 Å². The van der Waals surface area contributed by atoms with Crippen LogP contribution in [0.25, 0.3) is 11.5 Å². The molecule has 0 aliphatic carbocycles. The van der Waals surface area contributed by atoms with Gasteiger partial charge in [0.25, 0.3) is 0 Å². The van der Waals surface area contributed by atoms with E-state index in [4.69, 9.17) is 9.15 Å². The van der Waals surface area contributed by atoms with Crippen LogP contribution in [0.3, 0.4) is 0 Å². The lowest BCUT2D eigenvalue weighted by molar-refractivity contribution is -0.115. The number of nitrogens with zero attached hydrogens (tertiary/aromatic N) is 2. The molecule has 1 N–H and O–H groups in total. The molecule has 2 aromatic carbocycles. The van der Waals surface area contributed by atoms with Crippen molar-refractivity contribution in [1.82, 2.24) is 10.2 Å². The van der Waals surface area contributed by atoms with E-state index in [0.717, 1.165) is 22.6 Å². The number of thioether (sulfide) groups is 1. The van der Waals surface area contributed by atoms with Crippen LogP contribution in [0.4, 0.5) is 6.01 Å². The van der Waals surface area contributed by atoms with E-state index in [-0.39, 0.29) is 18.3 Å². The van der Waals surface area contributed by atoms with Gasteiger partial charge in [0.2, 0.25) is 11.8 Å². The maximum absolute atomic E-state index is 12.2. The number of rotatable bonds is 7. The molecular weight excluding hydrogens is 350 g/mol. The molecule has 0 atom stereocenters. The third-order valence-electron chi connectivity index (χ3n) is 3.61. The highest BCUT2D eigenvalue weighted by atomic mass is 32.2. The molecule has 3 aromatic rings. The van der Waals surface area contributed by atoms with Gasteiger partial charge in [0.1, 0.15) is 5.75 Å². The summed E-state index contributed by atoms with van der Waals surface area (Å²) in [7, 11) is 1.60. The number of amides is 1. The molecule has 0 saturated carbocycles. The zero-order valence-electron chi connectivity index (χ0n) is 14.6. The maximum Gasteiger partial charge on any atom is 0.322 e. The average molecular weight is 369 g/mol. The van der Waals surface area contributed by atoms with Gasteiger partial charge in [-0.2, -0.15) is 0 Å². The van der Waals surface area contributed by atoms with Gasteiger partial charge in [0.05, 0.1) is 13.5 Å². The van der Waals surface area contributed by atoms with Crippen molar-refractivity contribution in [2.45, 2.75) is 18.2 Å². The molecule has 1 amide bonds. The number of anilines is 1. The summed E-state index contributed by atoms with van der Waals surface area (Å²) in [5, 5.41) is 10.5. The van der Waals surface area contributed by atoms with Gasteiger partial charge in [-0.25, -0.2) is 0 Å². The normalized spacial score (nSPS) is 10.5. The predicted octanol–water partition coefficient (Wildman–Crippen LogP) is 4.04. The predicted molar refractivity (Wildman–Crippen MR) is 101 cm³/mol. The Morgan fingerprint density at radius 1 is 1.12 bits per heavy atom. The van der Waals surface area contributed by atoms with Gasteiger partial charge in [-0.3, -0.25) is 10.1 Å². The van der Waals surface area contributed by atoms with Crippen molar-refractivity contribution in [3.05, 3.63) is 54.1 Å². The number of nitrogens with one attached hydrogen (secondary N) is 1. The highest BCUT2D eigenvalue weighted by molar-refractivity contribution is 7.99. The van der Waals surface area contributed by atoms with Crippen LogP contribution < -0.4 is 10.1 Å². The monoisotopic (exact) mass is 369 g/mol. The first-order chi connectivity index (χ1) is 12.7. The number of methoxy groups -OCH3 is 1. The van der Waals surface area contributed by atoms with Gasteiger partial charge in [-0.1, -0.05) is 24.2 Å². The average Bonchev–Trinajstić information content (AvgIpc) is 3.12. The van der Waals surface area contributed by atoms with E-state index in [0.29, 0.717) is 5.89 Å². The molecule has 0 aliphatic rings. The SMILES string of the molecule is CCSc1ccc(CC(=O)Nc2nnc(-c3ccc(OC)cc3)o2)cc1. The summed E-state index contributed by atoms with van der Waals surface area (Å²) >= 11 is 1.77. The molecule has 26 heavy (non-hydrogen) atoms. The van der Waals surface area contributed by atoms with E-state index in [2.05, 4.69) is 22.4 Å². The summed E-state index contributed by atoms with van der Waals surface area (Å²) in [6.07, 6.45) is 0.247. The zero-order valence-corrected chi connectivity index (χ0v) is 15.4. The lowest BCUT2D eigenvalue weighted by atomic mass is 10.1. The van der Waals surface area contributed by atoms with Crippen molar-refractivity contribution in [2.75, 3.05) is 18.2 Å².